The van der Waals surface area contributed by atoms with Crippen LogP contribution in [0.2, 0.25) is 0 Å². The molecule has 4 fully saturated rings. The van der Waals surface area contributed by atoms with Gasteiger partial charge >= 0.3 is 0 Å². The Kier molecular flexibility index (Phi) is 3.20. The fourth-order valence-electron chi connectivity index (χ4n) is 5.05. The molecule has 1 heterocycles. The second-order valence-corrected chi connectivity index (χ2v) is 7.25. The Balaban J connectivity index is 1.66. The van der Waals surface area contributed by atoms with Gasteiger partial charge < -0.3 is 0 Å². The largest absolute Gasteiger partial charge is 0.296 e. The van der Waals surface area contributed by atoms with Gasteiger partial charge in [-0.25, -0.2) is 0 Å². The lowest BCUT2D eigenvalue weighted by Crippen LogP contribution is -2.47. The summed E-state index contributed by atoms with van der Waals surface area (Å²) in [4.78, 5) is 51.7. The van der Waals surface area contributed by atoms with Crippen LogP contribution in [0.1, 0.15) is 51.4 Å². The molecular weight excluding hydrogens is 282 g/mol. The van der Waals surface area contributed by atoms with Gasteiger partial charge in [-0.2, -0.15) is 0 Å². The highest BCUT2D eigenvalue weighted by Gasteiger charge is 2.59. The molecule has 5 heteroatoms. The van der Waals surface area contributed by atoms with Gasteiger partial charge in [0.2, 0.25) is 11.8 Å². The van der Waals surface area contributed by atoms with E-state index in [0.29, 0.717) is 12.8 Å². The number of carbonyl (C=O) groups is 4. The van der Waals surface area contributed by atoms with E-state index in [2.05, 4.69) is 0 Å². The molecule has 118 valence electrons. The molecule has 0 aromatic heterocycles. The summed E-state index contributed by atoms with van der Waals surface area (Å²) in [5.74, 6) is -1.96. The number of imide groups is 1. The molecule has 0 spiro atoms. The van der Waals surface area contributed by atoms with Crippen molar-refractivity contribution in [2.24, 2.45) is 23.7 Å². The van der Waals surface area contributed by atoms with E-state index in [-0.39, 0.29) is 47.1 Å². The van der Waals surface area contributed by atoms with Gasteiger partial charge in [0.15, 0.2) is 17.6 Å². The molecule has 4 atom stereocenters. The number of rotatable bonds is 1. The Morgan fingerprint density at radius 3 is 1.36 bits per heavy atom. The SMILES string of the molecule is O=C1C2CCCCC2C(=O)C1N1C(=O)C2CCCCC2C1=O. The summed E-state index contributed by atoms with van der Waals surface area (Å²) in [6, 6.07) is -1.10. The van der Waals surface area contributed by atoms with Crippen LogP contribution in [-0.2, 0) is 19.2 Å². The summed E-state index contributed by atoms with van der Waals surface area (Å²) < 4.78 is 0. The highest BCUT2D eigenvalue weighted by atomic mass is 16.2. The standard InChI is InChI=1S/C17H21NO4/c19-14-9-5-1-2-6-10(9)15(20)13(14)18-16(21)11-7-3-4-8-12(11)17(18)22/h9-13H,1-8H2. The van der Waals surface area contributed by atoms with Gasteiger partial charge in [0.1, 0.15) is 0 Å². The van der Waals surface area contributed by atoms with E-state index in [1.807, 2.05) is 0 Å². The van der Waals surface area contributed by atoms with Crippen molar-refractivity contribution in [2.75, 3.05) is 0 Å². The lowest BCUT2D eigenvalue weighted by atomic mass is 9.81. The van der Waals surface area contributed by atoms with Crippen molar-refractivity contribution in [2.45, 2.75) is 57.4 Å². The maximum absolute atomic E-state index is 12.7. The third kappa shape index (κ3) is 1.77. The maximum atomic E-state index is 12.7. The van der Waals surface area contributed by atoms with Crippen LogP contribution in [-0.4, -0.2) is 34.3 Å². The van der Waals surface area contributed by atoms with Crippen LogP contribution in [0.5, 0.6) is 0 Å². The van der Waals surface area contributed by atoms with E-state index in [1.165, 1.54) is 0 Å². The first-order valence-electron chi connectivity index (χ1n) is 8.55. The minimum absolute atomic E-state index is 0.171. The number of hydrogen-bond donors (Lipinski definition) is 0. The number of hydrogen-bond acceptors (Lipinski definition) is 4. The first kappa shape index (κ1) is 14.1. The van der Waals surface area contributed by atoms with Gasteiger partial charge in [-0.15, -0.1) is 0 Å². The van der Waals surface area contributed by atoms with Crippen LogP contribution >= 0.6 is 0 Å². The molecule has 1 saturated heterocycles. The molecule has 1 aliphatic heterocycles. The summed E-state index contributed by atoms with van der Waals surface area (Å²) in [6.45, 7) is 0. The Labute approximate surface area is 129 Å². The summed E-state index contributed by atoms with van der Waals surface area (Å²) in [6.07, 6.45) is 6.71. The summed E-state index contributed by atoms with van der Waals surface area (Å²) in [5, 5.41) is 0. The van der Waals surface area contributed by atoms with E-state index in [0.717, 1.165) is 43.4 Å². The molecule has 4 rings (SSSR count). The minimum Gasteiger partial charge on any atom is -0.296 e. The third-order valence-electron chi connectivity index (χ3n) is 6.17. The Morgan fingerprint density at radius 2 is 0.955 bits per heavy atom. The van der Waals surface area contributed by atoms with Gasteiger partial charge in [0.25, 0.3) is 0 Å². The minimum atomic E-state index is -1.10. The van der Waals surface area contributed by atoms with E-state index >= 15 is 0 Å². The van der Waals surface area contributed by atoms with Crippen LogP contribution in [0.15, 0.2) is 0 Å². The average Bonchev–Trinajstić information content (AvgIpc) is 2.94. The number of fused-ring (bicyclic) bond motifs is 2. The van der Waals surface area contributed by atoms with E-state index in [9.17, 15) is 19.2 Å². The first-order chi connectivity index (χ1) is 10.6. The second kappa shape index (κ2) is 5.00. The molecule has 3 aliphatic carbocycles. The van der Waals surface area contributed by atoms with Crippen LogP contribution in [0.3, 0.4) is 0 Å². The molecular formula is C17H21NO4. The molecule has 0 bridgehead atoms. The Bertz CT molecular complexity index is 471. The highest BCUT2D eigenvalue weighted by Crippen LogP contribution is 2.44. The lowest BCUT2D eigenvalue weighted by molar-refractivity contribution is -0.150. The van der Waals surface area contributed by atoms with E-state index in [1.54, 1.807) is 0 Å². The van der Waals surface area contributed by atoms with Crippen LogP contribution in [0, 0.1) is 23.7 Å². The molecule has 5 nitrogen and oxygen atoms in total. The van der Waals surface area contributed by atoms with Crippen molar-refractivity contribution < 1.29 is 19.2 Å². The molecule has 4 unspecified atom stereocenters. The third-order valence-corrected chi connectivity index (χ3v) is 6.17. The Hall–Kier alpha value is -1.52. The molecule has 0 aromatic carbocycles. The predicted molar refractivity (Wildman–Crippen MR) is 76.6 cm³/mol. The molecule has 0 N–H and O–H groups in total. The van der Waals surface area contributed by atoms with Gasteiger partial charge in [-0.3, -0.25) is 24.1 Å². The van der Waals surface area contributed by atoms with Crippen LogP contribution < -0.4 is 0 Å². The normalized spacial score (nSPS) is 41.8. The van der Waals surface area contributed by atoms with Crippen LogP contribution in [0.4, 0.5) is 0 Å². The van der Waals surface area contributed by atoms with Gasteiger partial charge in [-0.1, -0.05) is 25.7 Å². The highest BCUT2D eigenvalue weighted by molar-refractivity contribution is 6.21. The zero-order chi connectivity index (χ0) is 15.4. The number of amides is 2. The number of carbonyl (C=O) groups excluding carboxylic acids is 4. The van der Waals surface area contributed by atoms with Crippen molar-refractivity contribution >= 4 is 23.4 Å². The average molecular weight is 303 g/mol. The molecule has 0 radical (unpaired) electrons. The number of Topliss-reactive ketones (excluding diaryl/α,β-unsaturated/α-hetero) is 2. The number of nitrogens with zero attached hydrogens (tertiary/aromatic N) is 1. The molecule has 0 aromatic rings. The number of likely N-dealkylation sites (tertiary alicyclic amines) is 1. The van der Waals surface area contributed by atoms with E-state index < -0.39 is 6.04 Å². The summed E-state index contributed by atoms with van der Waals surface area (Å²) >= 11 is 0. The van der Waals surface area contributed by atoms with Gasteiger partial charge in [0, 0.05) is 11.8 Å². The monoisotopic (exact) mass is 303 g/mol. The zero-order valence-corrected chi connectivity index (χ0v) is 12.6. The molecule has 22 heavy (non-hydrogen) atoms. The Morgan fingerprint density at radius 1 is 0.591 bits per heavy atom. The maximum Gasteiger partial charge on any atom is 0.234 e. The topological polar surface area (TPSA) is 71.5 Å². The smallest absolute Gasteiger partial charge is 0.234 e. The first-order valence-corrected chi connectivity index (χ1v) is 8.55. The number of ketones is 2. The fourth-order valence-corrected chi connectivity index (χ4v) is 5.05. The van der Waals surface area contributed by atoms with Crippen molar-refractivity contribution in [1.29, 1.82) is 0 Å². The van der Waals surface area contributed by atoms with Crippen molar-refractivity contribution in [3.63, 3.8) is 0 Å². The lowest BCUT2D eigenvalue weighted by Gasteiger charge is -2.21. The van der Waals surface area contributed by atoms with Gasteiger partial charge in [0.05, 0.1) is 11.8 Å². The zero-order valence-electron chi connectivity index (χ0n) is 12.6. The molecule has 3 saturated carbocycles. The van der Waals surface area contributed by atoms with Crippen molar-refractivity contribution in [3.8, 4) is 0 Å². The molecule has 2 amide bonds. The summed E-state index contributed by atoms with van der Waals surface area (Å²) in [5.41, 5.74) is 0. The van der Waals surface area contributed by atoms with Crippen LogP contribution in [0.25, 0.3) is 0 Å². The van der Waals surface area contributed by atoms with Gasteiger partial charge in [-0.05, 0) is 25.7 Å². The molecule has 4 aliphatic rings. The van der Waals surface area contributed by atoms with Crippen molar-refractivity contribution in [1.82, 2.24) is 4.90 Å². The van der Waals surface area contributed by atoms with E-state index in [4.69, 9.17) is 0 Å². The second-order valence-electron chi connectivity index (χ2n) is 7.25. The van der Waals surface area contributed by atoms with Crippen molar-refractivity contribution in [3.05, 3.63) is 0 Å². The summed E-state index contributed by atoms with van der Waals surface area (Å²) in [7, 11) is 0. The quantitative estimate of drug-likeness (QED) is 0.543. The predicted octanol–water partition coefficient (Wildman–Crippen LogP) is 1.49. The fraction of sp³-hybridized carbons (Fsp3) is 0.765.